The monoisotopic (exact) mass is 336 g/mol. The first kappa shape index (κ1) is 15.3. The van der Waals surface area contributed by atoms with Crippen LogP contribution in [0.4, 0.5) is 5.82 Å². The molecule has 3 aromatic rings. The lowest BCUT2D eigenvalue weighted by atomic mass is 10.1. The summed E-state index contributed by atoms with van der Waals surface area (Å²) in [6.07, 6.45) is 3.44. The lowest BCUT2D eigenvalue weighted by molar-refractivity contribution is 0.518. The Morgan fingerprint density at radius 3 is 3.05 bits per heavy atom. The molecule has 0 spiro atoms. The van der Waals surface area contributed by atoms with Crippen LogP contribution in [0.3, 0.4) is 0 Å². The number of anilines is 1. The summed E-state index contributed by atoms with van der Waals surface area (Å²) in [4.78, 5) is 9.79. The van der Waals surface area contributed by atoms with Gasteiger partial charge in [-0.25, -0.2) is 4.98 Å². The molecule has 3 aromatic heterocycles. The largest absolute Gasteiger partial charge is 0.467 e. The minimum Gasteiger partial charge on any atom is -0.467 e. The molecule has 0 saturated carbocycles. The normalized spacial score (nSPS) is 12.7. The van der Waals surface area contributed by atoms with Gasteiger partial charge in [0.2, 0.25) is 5.28 Å². The molecule has 0 unspecified atom stereocenters. The maximum Gasteiger partial charge on any atom is 0.224 e. The van der Waals surface area contributed by atoms with Gasteiger partial charge in [-0.2, -0.15) is 4.98 Å². The van der Waals surface area contributed by atoms with Gasteiger partial charge in [-0.3, -0.25) is 0 Å². The Morgan fingerprint density at radius 2 is 2.32 bits per heavy atom. The number of aromatic nitrogens is 2. The van der Waals surface area contributed by atoms with Gasteiger partial charge in [0.1, 0.15) is 11.6 Å². The molecule has 3 N–H and O–H groups in total. The average Bonchev–Trinajstić information content (AvgIpc) is 3.13. The second-order valence-electron chi connectivity index (χ2n) is 5.07. The maximum absolute atomic E-state index is 6.03. The van der Waals surface area contributed by atoms with E-state index in [1.807, 2.05) is 18.2 Å². The zero-order chi connectivity index (χ0) is 15.5. The first-order valence-corrected chi connectivity index (χ1v) is 8.33. The molecule has 0 radical (unpaired) electrons. The number of nitrogens with one attached hydrogen (secondary N) is 1. The summed E-state index contributed by atoms with van der Waals surface area (Å²) < 4.78 is 6.31. The summed E-state index contributed by atoms with van der Waals surface area (Å²) in [6.45, 7) is 2.64. The van der Waals surface area contributed by atoms with Crippen molar-refractivity contribution in [3.63, 3.8) is 0 Å². The Kier molecular flexibility index (Phi) is 4.61. The highest BCUT2D eigenvalue weighted by Gasteiger charge is 2.13. The Bertz CT molecular complexity index is 756. The van der Waals surface area contributed by atoms with E-state index in [-0.39, 0.29) is 11.3 Å². The van der Waals surface area contributed by atoms with Gasteiger partial charge in [-0.1, -0.05) is 6.92 Å². The van der Waals surface area contributed by atoms with Gasteiger partial charge in [0, 0.05) is 10.9 Å². The minimum absolute atomic E-state index is 0.163. The smallest absolute Gasteiger partial charge is 0.224 e. The lowest BCUT2D eigenvalue weighted by Gasteiger charge is -2.05. The highest BCUT2D eigenvalue weighted by Crippen LogP contribution is 2.31. The highest BCUT2D eigenvalue weighted by atomic mass is 35.5. The van der Waals surface area contributed by atoms with Gasteiger partial charge in [-0.05, 0) is 42.6 Å². The van der Waals surface area contributed by atoms with Crippen molar-refractivity contribution in [1.82, 2.24) is 9.97 Å². The van der Waals surface area contributed by atoms with E-state index in [4.69, 9.17) is 21.8 Å². The van der Waals surface area contributed by atoms with Crippen LogP contribution in [-0.2, 0) is 13.0 Å². The number of hydrogen-bond donors (Lipinski definition) is 2. The van der Waals surface area contributed by atoms with Crippen LogP contribution >= 0.6 is 22.9 Å². The van der Waals surface area contributed by atoms with Crippen molar-refractivity contribution in [2.75, 3.05) is 5.32 Å². The SMILES string of the molecule is CC[C@H](N)Cc1cc2nc(Cl)nc(NCc3ccco3)c2s1. The first-order chi connectivity index (χ1) is 10.7. The van der Waals surface area contributed by atoms with Crippen LogP contribution in [0.1, 0.15) is 24.0 Å². The van der Waals surface area contributed by atoms with E-state index in [0.717, 1.165) is 34.6 Å². The third kappa shape index (κ3) is 3.40. The van der Waals surface area contributed by atoms with Crippen LogP contribution in [0.25, 0.3) is 10.2 Å². The van der Waals surface area contributed by atoms with E-state index in [9.17, 15) is 0 Å². The molecule has 0 bridgehead atoms. The van der Waals surface area contributed by atoms with Crippen molar-refractivity contribution in [2.45, 2.75) is 32.4 Å². The van der Waals surface area contributed by atoms with E-state index in [1.54, 1.807) is 17.6 Å². The number of nitrogens with two attached hydrogens (primary N) is 1. The molecule has 0 aliphatic carbocycles. The van der Waals surface area contributed by atoms with Crippen molar-refractivity contribution in [3.8, 4) is 0 Å². The third-order valence-electron chi connectivity index (χ3n) is 3.39. The fourth-order valence-electron chi connectivity index (χ4n) is 2.16. The maximum atomic E-state index is 6.03. The topological polar surface area (TPSA) is 77.0 Å². The van der Waals surface area contributed by atoms with Gasteiger partial charge in [0.15, 0.2) is 0 Å². The van der Waals surface area contributed by atoms with Crippen molar-refractivity contribution < 1.29 is 4.42 Å². The van der Waals surface area contributed by atoms with Gasteiger partial charge in [0.25, 0.3) is 0 Å². The second kappa shape index (κ2) is 6.64. The molecule has 0 aliphatic rings. The van der Waals surface area contributed by atoms with Gasteiger partial charge in [0.05, 0.1) is 23.0 Å². The molecule has 0 aliphatic heterocycles. The summed E-state index contributed by atoms with van der Waals surface area (Å²) >= 11 is 7.68. The van der Waals surface area contributed by atoms with Crippen molar-refractivity contribution in [2.24, 2.45) is 5.73 Å². The average molecular weight is 337 g/mol. The number of nitrogens with zero attached hydrogens (tertiary/aromatic N) is 2. The zero-order valence-electron chi connectivity index (χ0n) is 12.2. The number of furan rings is 1. The first-order valence-electron chi connectivity index (χ1n) is 7.13. The van der Waals surface area contributed by atoms with Crippen LogP contribution in [0.15, 0.2) is 28.9 Å². The number of hydrogen-bond acceptors (Lipinski definition) is 6. The number of thiophene rings is 1. The van der Waals surface area contributed by atoms with Crippen LogP contribution in [0.2, 0.25) is 5.28 Å². The molecule has 7 heteroatoms. The van der Waals surface area contributed by atoms with E-state index in [2.05, 4.69) is 22.2 Å². The molecule has 22 heavy (non-hydrogen) atoms. The number of halogens is 1. The predicted octanol–water partition coefficient (Wildman–Crippen LogP) is 3.83. The standard InChI is InChI=1S/C15H17ClN4OS/c1-2-9(17)6-11-7-12-13(22-11)14(20-15(16)19-12)18-8-10-4-3-5-21-10/h3-5,7,9H,2,6,8,17H2,1H3,(H,18,19,20)/t9-/m0/s1. The molecule has 5 nitrogen and oxygen atoms in total. The molecule has 0 saturated heterocycles. The summed E-state index contributed by atoms with van der Waals surface area (Å²) in [7, 11) is 0. The molecular formula is C15H17ClN4OS. The molecule has 3 heterocycles. The molecule has 3 rings (SSSR count). The fourth-order valence-corrected chi connectivity index (χ4v) is 3.49. The third-order valence-corrected chi connectivity index (χ3v) is 4.72. The summed E-state index contributed by atoms with van der Waals surface area (Å²) in [5, 5.41) is 3.50. The lowest BCUT2D eigenvalue weighted by Crippen LogP contribution is -2.20. The van der Waals surface area contributed by atoms with Gasteiger partial charge >= 0.3 is 0 Å². The summed E-state index contributed by atoms with van der Waals surface area (Å²) in [6, 6.07) is 5.97. The van der Waals surface area contributed by atoms with Crippen LogP contribution in [0, 0.1) is 0 Å². The molecule has 1 atom stereocenters. The van der Waals surface area contributed by atoms with E-state index in [0.29, 0.717) is 6.54 Å². The van der Waals surface area contributed by atoms with Gasteiger partial charge in [-0.15, -0.1) is 11.3 Å². The highest BCUT2D eigenvalue weighted by molar-refractivity contribution is 7.19. The van der Waals surface area contributed by atoms with Crippen LogP contribution in [0.5, 0.6) is 0 Å². The Morgan fingerprint density at radius 1 is 1.45 bits per heavy atom. The number of rotatable bonds is 6. The van der Waals surface area contributed by atoms with Crippen molar-refractivity contribution >= 4 is 39.0 Å². The molecule has 0 amide bonds. The zero-order valence-corrected chi connectivity index (χ0v) is 13.7. The Hall–Kier alpha value is -1.63. The second-order valence-corrected chi connectivity index (χ2v) is 6.55. The predicted molar refractivity (Wildman–Crippen MR) is 90.4 cm³/mol. The fraction of sp³-hybridized carbons (Fsp3) is 0.333. The molecular weight excluding hydrogens is 320 g/mol. The number of fused-ring (bicyclic) bond motifs is 1. The van der Waals surface area contributed by atoms with E-state index < -0.39 is 0 Å². The van der Waals surface area contributed by atoms with Crippen molar-refractivity contribution in [1.29, 1.82) is 0 Å². The summed E-state index contributed by atoms with van der Waals surface area (Å²) in [5.74, 6) is 1.57. The van der Waals surface area contributed by atoms with E-state index in [1.165, 1.54) is 4.88 Å². The van der Waals surface area contributed by atoms with Gasteiger partial charge < -0.3 is 15.5 Å². The quantitative estimate of drug-likeness (QED) is 0.669. The summed E-state index contributed by atoms with van der Waals surface area (Å²) in [5.41, 5.74) is 6.89. The minimum atomic E-state index is 0.163. The molecule has 0 fully saturated rings. The Balaban J connectivity index is 1.87. The molecule has 0 aromatic carbocycles. The Labute approximate surface area is 137 Å². The van der Waals surface area contributed by atoms with Crippen LogP contribution in [-0.4, -0.2) is 16.0 Å². The molecule has 116 valence electrons. The van der Waals surface area contributed by atoms with E-state index >= 15 is 0 Å². The van der Waals surface area contributed by atoms with Crippen LogP contribution < -0.4 is 11.1 Å². The van der Waals surface area contributed by atoms with Crippen molar-refractivity contribution in [3.05, 3.63) is 40.4 Å².